The predicted octanol–water partition coefficient (Wildman–Crippen LogP) is 15.8. The third kappa shape index (κ3) is 4.62. The lowest BCUT2D eigenvalue weighted by Crippen LogP contribution is -2.15. The molecule has 0 aliphatic carbocycles. The van der Waals surface area contributed by atoms with Gasteiger partial charge in [-0.2, -0.15) is 0 Å². The van der Waals surface area contributed by atoms with Gasteiger partial charge in [0.15, 0.2) is 0 Å². The lowest BCUT2D eigenvalue weighted by atomic mass is 9.85. The van der Waals surface area contributed by atoms with Gasteiger partial charge in [-0.05, 0) is 110 Å². The van der Waals surface area contributed by atoms with E-state index in [0.29, 0.717) is 0 Å². The zero-order valence-corrected chi connectivity index (χ0v) is 35.3. The molecule has 0 saturated heterocycles. The van der Waals surface area contributed by atoms with Crippen molar-refractivity contribution in [2.75, 3.05) is 4.90 Å². The van der Waals surface area contributed by atoms with Crippen LogP contribution in [0.15, 0.2) is 158 Å². The third-order valence-corrected chi connectivity index (χ3v) is 13.6. The molecule has 0 aliphatic heterocycles. The number of rotatable bonds is 3. The van der Waals surface area contributed by atoms with Gasteiger partial charge in [0, 0.05) is 49.1 Å². The fraction of sp³-hybridized carbons (Fsp3) is 0.140. The molecular weight excluding hydrogens is 741 g/mol. The zero-order valence-electron chi connectivity index (χ0n) is 35.3. The Morgan fingerprint density at radius 2 is 0.967 bits per heavy atom. The Hall–Kier alpha value is -7.17. The minimum absolute atomic E-state index is 0.0257. The van der Waals surface area contributed by atoms with E-state index in [2.05, 4.69) is 213 Å². The van der Waals surface area contributed by atoms with E-state index in [1.54, 1.807) is 0 Å². The molecule has 5 aromatic heterocycles. The standard InChI is InChI=1S/C57H44N4/c1-56(2,3)35-25-26-46-43(29-35)49-39-23-15-13-17-33(39)27-41-42-32-47-51(58-55(42)61(46)53(41)49)45-28-34-18-14-16-24-40(34)50-44-30-36(57(4,5)6)31-48(52(44)60(47)54(45)50)59(37-19-9-7-10-20-37)38-21-11-8-12-22-38/h7-32H,1-6H3. The normalized spacial score (nSPS) is 13.1. The van der Waals surface area contributed by atoms with Crippen molar-refractivity contribution in [1.82, 2.24) is 13.8 Å². The van der Waals surface area contributed by atoms with Gasteiger partial charge in [-0.3, -0.25) is 4.40 Å². The van der Waals surface area contributed by atoms with E-state index in [1.165, 1.54) is 92.4 Å². The van der Waals surface area contributed by atoms with Gasteiger partial charge in [-0.1, -0.05) is 133 Å². The summed E-state index contributed by atoms with van der Waals surface area (Å²) >= 11 is 0. The van der Waals surface area contributed by atoms with Crippen LogP contribution in [0.2, 0.25) is 0 Å². The second kappa shape index (κ2) is 11.8. The largest absolute Gasteiger partial charge is 0.308 e. The van der Waals surface area contributed by atoms with E-state index in [1.807, 2.05) is 0 Å². The minimum atomic E-state index is -0.0976. The van der Waals surface area contributed by atoms with E-state index in [0.717, 1.165) is 33.7 Å². The van der Waals surface area contributed by atoms with Crippen molar-refractivity contribution < 1.29 is 0 Å². The van der Waals surface area contributed by atoms with Crippen LogP contribution in [0.3, 0.4) is 0 Å². The van der Waals surface area contributed by atoms with Crippen LogP contribution < -0.4 is 4.90 Å². The number of hydrogen-bond acceptors (Lipinski definition) is 2. The number of anilines is 3. The first kappa shape index (κ1) is 34.7. The monoisotopic (exact) mass is 784 g/mol. The molecule has 0 fully saturated rings. The first-order valence-electron chi connectivity index (χ1n) is 21.6. The highest BCUT2D eigenvalue weighted by molar-refractivity contribution is 6.35. The van der Waals surface area contributed by atoms with E-state index >= 15 is 0 Å². The second-order valence-corrected chi connectivity index (χ2v) is 19.3. The lowest BCUT2D eigenvalue weighted by molar-refractivity contribution is 0.591. The molecule has 8 aromatic carbocycles. The summed E-state index contributed by atoms with van der Waals surface area (Å²) in [6, 6.07) is 58.8. The van der Waals surface area contributed by atoms with Gasteiger partial charge in [0.1, 0.15) is 5.65 Å². The molecule has 4 heteroatoms. The number of pyridine rings is 1. The third-order valence-electron chi connectivity index (χ3n) is 13.6. The maximum absolute atomic E-state index is 5.86. The topological polar surface area (TPSA) is 24.9 Å². The zero-order chi connectivity index (χ0) is 41.1. The van der Waals surface area contributed by atoms with Crippen LogP contribution in [0.1, 0.15) is 52.7 Å². The van der Waals surface area contributed by atoms with Gasteiger partial charge in [0.05, 0.1) is 38.8 Å². The smallest absolute Gasteiger partial charge is 0.146 e. The number of benzene rings is 8. The number of nitrogens with zero attached hydrogens (tertiary/aromatic N) is 4. The maximum atomic E-state index is 5.86. The summed E-state index contributed by atoms with van der Waals surface area (Å²) in [4.78, 5) is 8.32. The molecule has 0 N–H and O–H groups in total. The Bertz CT molecular complexity index is 3890. The van der Waals surface area contributed by atoms with Crippen molar-refractivity contribution in [2.24, 2.45) is 0 Å². The highest BCUT2D eigenvalue weighted by atomic mass is 15.2. The summed E-state index contributed by atoms with van der Waals surface area (Å²) in [7, 11) is 0. The molecule has 61 heavy (non-hydrogen) atoms. The quantitative estimate of drug-likeness (QED) is 0.178. The van der Waals surface area contributed by atoms with E-state index in [-0.39, 0.29) is 10.8 Å². The molecule has 13 aromatic rings. The van der Waals surface area contributed by atoms with Gasteiger partial charge in [0.2, 0.25) is 0 Å². The fourth-order valence-corrected chi connectivity index (χ4v) is 10.6. The molecule has 0 saturated carbocycles. The van der Waals surface area contributed by atoms with Crippen molar-refractivity contribution in [3.63, 3.8) is 0 Å². The molecule has 0 bridgehead atoms. The molecule has 0 radical (unpaired) electrons. The molecule has 4 nitrogen and oxygen atoms in total. The van der Waals surface area contributed by atoms with Crippen LogP contribution in [0, 0.1) is 0 Å². The van der Waals surface area contributed by atoms with Gasteiger partial charge in [-0.25, -0.2) is 4.98 Å². The SMILES string of the molecule is CC(C)(C)c1ccc2c(c1)c1c3ccccc3cc3c4cc5c(nc4n2c31)c1cc2ccccc2c2c3cc(C(C)(C)C)cc(N(c4ccccc4)c4ccccc4)c3n5c12. The van der Waals surface area contributed by atoms with Gasteiger partial charge in [0.25, 0.3) is 0 Å². The van der Waals surface area contributed by atoms with E-state index in [4.69, 9.17) is 4.98 Å². The average molecular weight is 785 g/mol. The van der Waals surface area contributed by atoms with Crippen LogP contribution in [0.4, 0.5) is 17.1 Å². The molecular formula is C57H44N4. The molecule has 13 rings (SSSR count). The van der Waals surface area contributed by atoms with Crippen molar-refractivity contribution >= 4 is 115 Å². The average Bonchev–Trinajstić information content (AvgIpc) is 3.98. The molecule has 0 spiro atoms. The van der Waals surface area contributed by atoms with E-state index in [9.17, 15) is 0 Å². The Balaban J connectivity index is 1.27. The van der Waals surface area contributed by atoms with Crippen molar-refractivity contribution in [3.8, 4) is 0 Å². The summed E-state index contributed by atoms with van der Waals surface area (Å²) in [5.74, 6) is 0. The maximum Gasteiger partial charge on any atom is 0.146 e. The first-order chi connectivity index (χ1) is 29.5. The summed E-state index contributed by atoms with van der Waals surface area (Å²) in [5.41, 5.74) is 14.0. The minimum Gasteiger partial charge on any atom is -0.308 e. The Morgan fingerprint density at radius 3 is 1.61 bits per heavy atom. The molecule has 0 amide bonds. The predicted molar refractivity (Wildman–Crippen MR) is 261 cm³/mol. The highest BCUT2D eigenvalue weighted by Gasteiger charge is 2.30. The molecule has 0 aliphatic rings. The number of aromatic nitrogens is 3. The van der Waals surface area contributed by atoms with Crippen LogP contribution in [0.25, 0.3) is 98.0 Å². The van der Waals surface area contributed by atoms with Gasteiger partial charge in [-0.15, -0.1) is 0 Å². The fourth-order valence-electron chi connectivity index (χ4n) is 10.6. The summed E-state index contributed by atoms with van der Waals surface area (Å²) < 4.78 is 5.03. The van der Waals surface area contributed by atoms with Crippen LogP contribution >= 0.6 is 0 Å². The van der Waals surface area contributed by atoms with Crippen LogP contribution in [0.5, 0.6) is 0 Å². The first-order valence-corrected chi connectivity index (χ1v) is 21.6. The van der Waals surface area contributed by atoms with Crippen molar-refractivity contribution in [1.29, 1.82) is 0 Å². The number of fused-ring (bicyclic) bond motifs is 16. The summed E-state index contributed by atoms with van der Waals surface area (Å²) in [6.07, 6.45) is 0. The highest BCUT2D eigenvalue weighted by Crippen LogP contribution is 2.51. The van der Waals surface area contributed by atoms with Gasteiger partial charge >= 0.3 is 0 Å². The molecule has 0 atom stereocenters. The van der Waals surface area contributed by atoms with Crippen molar-refractivity contribution in [2.45, 2.75) is 52.4 Å². The molecule has 292 valence electrons. The van der Waals surface area contributed by atoms with Gasteiger partial charge < -0.3 is 9.30 Å². The second-order valence-electron chi connectivity index (χ2n) is 19.3. The van der Waals surface area contributed by atoms with Crippen LogP contribution in [-0.4, -0.2) is 13.8 Å². The number of hydrogen-bond donors (Lipinski definition) is 0. The van der Waals surface area contributed by atoms with Crippen molar-refractivity contribution in [3.05, 3.63) is 169 Å². The molecule has 5 heterocycles. The molecule has 0 unspecified atom stereocenters. The lowest BCUT2D eigenvalue weighted by Gasteiger charge is -2.29. The summed E-state index contributed by atoms with van der Waals surface area (Å²) in [5, 5.41) is 13.8. The van der Waals surface area contributed by atoms with Crippen LogP contribution in [-0.2, 0) is 10.8 Å². The Morgan fingerprint density at radius 1 is 0.410 bits per heavy atom. The summed E-state index contributed by atoms with van der Waals surface area (Å²) in [6.45, 7) is 13.9. The Labute approximate surface area is 353 Å². The number of para-hydroxylation sites is 2. The Kier molecular flexibility index (Phi) is 6.69. The van der Waals surface area contributed by atoms with E-state index < -0.39 is 0 Å².